The number of rotatable bonds is 8. The van der Waals surface area contributed by atoms with Crippen molar-refractivity contribution in [3.8, 4) is 0 Å². The molecule has 0 fully saturated rings. The number of carbonyl (C=O) groups excluding carboxylic acids is 1. The predicted octanol–water partition coefficient (Wildman–Crippen LogP) is 4.64. The first kappa shape index (κ1) is 21.8. The summed E-state index contributed by atoms with van der Waals surface area (Å²) in [5, 5.41) is 23.3. The molecule has 1 aromatic heterocycles. The minimum absolute atomic E-state index is 0.0610. The Bertz CT molecular complexity index is 1050. The number of nitro benzene ring substituents is 1. The van der Waals surface area contributed by atoms with Gasteiger partial charge in [-0.25, -0.2) is 0 Å². The van der Waals surface area contributed by atoms with Gasteiger partial charge in [0, 0.05) is 24.4 Å². The van der Waals surface area contributed by atoms with Crippen LogP contribution in [0.3, 0.4) is 0 Å². The third-order valence-electron chi connectivity index (χ3n) is 4.43. The maximum Gasteiger partial charge on any atom is 0.269 e. The molecule has 1 N–H and O–H groups in total. The van der Waals surface area contributed by atoms with Gasteiger partial charge in [-0.15, -0.1) is 10.2 Å². The summed E-state index contributed by atoms with van der Waals surface area (Å²) < 4.78 is 1.94. The Morgan fingerprint density at radius 2 is 1.93 bits per heavy atom. The largest absolute Gasteiger partial charge is 0.342 e. The lowest BCUT2D eigenvalue weighted by Crippen LogP contribution is -2.29. The van der Waals surface area contributed by atoms with E-state index < -0.39 is 4.92 Å². The molecule has 0 spiro atoms. The molecule has 0 radical (unpaired) electrons. The number of non-ortho nitro benzene ring substituents is 1. The molecule has 156 valence electrons. The molecule has 1 amide bonds. The number of thioether (sulfide) groups is 1. The zero-order valence-corrected chi connectivity index (χ0v) is 18.0. The SMILES string of the molecule is CCn1c(SCc2ccc([N+](=O)[O-])cc2)nnc1[C@H](C)NC(=O)c1ccccc1Cl. The highest BCUT2D eigenvalue weighted by molar-refractivity contribution is 7.98. The molecule has 0 saturated heterocycles. The first-order valence-electron chi connectivity index (χ1n) is 9.25. The van der Waals surface area contributed by atoms with E-state index in [9.17, 15) is 14.9 Å². The standard InChI is InChI=1S/C20H20ClN5O3S/c1-3-25-18(13(2)22-19(27)16-6-4-5-7-17(16)21)23-24-20(25)30-12-14-8-10-15(11-9-14)26(28)29/h4-11,13H,3,12H2,1-2H3,(H,22,27)/t13-/m0/s1. The van der Waals surface area contributed by atoms with Crippen molar-refractivity contribution in [2.45, 2.75) is 37.3 Å². The molecule has 3 rings (SSSR count). The second-order valence-electron chi connectivity index (χ2n) is 6.47. The third-order valence-corrected chi connectivity index (χ3v) is 5.80. The molecular weight excluding hydrogens is 426 g/mol. The fourth-order valence-electron chi connectivity index (χ4n) is 2.87. The van der Waals surface area contributed by atoms with E-state index in [0.717, 1.165) is 5.56 Å². The van der Waals surface area contributed by atoms with Crippen LogP contribution >= 0.6 is 23.4 Å². The maximum absolute atomic E-state index is 12.5. The number of nitrogens with one attached hydrogen (secondary N) is 1. The van der Waals surface area contributed by atoms with Crippen LogP contribution in [0.25, 0.3) is 0 Å². The van der Waals surface area contributed by atoms with Gasteiger partial charge in [0.25, 0.3) is 11.6 Å². The van der Waals surface area contributed by atoms with Crippen LogP contribution < -0.4 is 5.32 Å². The number of hydrogen-bond donors (Lipinski definition) is 1. The maximum atomic E-state index is 12.5. The number of nitro groups is 1. The summed E-state index contributed by atoms with van der Waals surface area (Å²) in [5.41, 5.74) is 1.41. The van der Waals surface area contributed by atoms with E-state index in [0.29, 0.717) is 33.9 Å². The van der Waals surface area contributed by atoms with Crippen LogP contribution in [0, 0.1) is 10.1 Å². The number of carbonyl (C=O) groups is 1. The predicted molar refractivity (Wildman–Crippen MR) is 116 cm³/mol. The van der Waals surface area contributed by atoms with E-state index in [1.807, 2.05) is 18.4 Å². The zero-order valence-electron chi connectivity index (χ0n) is 16.4. The Kier molecular flexibility index (Phi) is 7.07. The highest BCUT2D eigenvalue weighted by Gasteiger charge is 2.20. The van der Waals surface area contributed by atoms with Gasteiger partial charge in [0.1, 0.15) is 0 Å². The Morgan fingerprint density at radius 1 is 1.23 bits per heavy atom. The Balaban J connectivity index is 1.69. The van der Waals surface area contributed by atoms with Gasteiger partial charge < -0.3 is 9.88 Å². The summed E-state index contributed by atoms with van der Waals surface area (Å²) in [5.74, 6) is 0.958. The fourth-order valence-corrected chi connectivity index (χ4v) is 4.06. The van der Waals surface area contributed by atoms with E-state index in [-0.39, 0.29) is 17.6 Å². The van der Waals surface area contributed by atoms with Crippen LogP contribution in [-0.2, 0) is 12.3 Å². The fraction of sp³-hybridized carbons (Fsp3) is 0.250. The molecule has 8 nitrogen and oxygen atoms in total. The van der Waals surface area contributed by atoms with E-state index >= 15 is 0 Å². The molecular formula is C20H20ClN5O3S. The molecule has 0 bridgehead atoms. The lowest BCUT2D eigenvalue weighted by molar-refractivity contribution is -0.384. The van der Waals surface area contributed by atoms with E-state index in [2.05, 4.69) is 15.5 Å². The molecule has 10 heteroatoms. The molecule has 0 aliphatic rings. The van der Waals surface area contributed by atoms with Crippen molar-refractivity contribution in [1.82, 2.24) is 20.1 Å². The summed E-state index contributed by atoms with van der Waals surface area (Å²) in [7, 11) is 0. The first-order valence-corrected chi connectivity index (χ1v) is 10.6. The van der Waals surface area contributed by atoms with E-state index in [4.69, 9.17) is 11.6 Å². The molecule has 1 atom stereocenters. The van der Waals surface area contributed by atoms with Gasteiger partial charge in [-0.2, -0.15) is 0 Å². The summed E-state index contributed by atoms with van der Waals surface area (Å²) in [6.07, 6.45) is 0. The Morgan fingerprint density at radius 3 is 2.57 bits per heavy atom. The molecule has 3 aromatic rings. The van der Waals surface area contributed by atoms with Crippen LogP contribution in [0.15, 0.2) is 53.7 Å². The average molecular weight is 446 g/mol. The molecule has 0 saturated carbocycles. The number of benzene rings is 2. The monoisotopic (exact) mass is 445 g/mol. The number of hydrogen-bond acceptors (Lipinski definition) is 6. The molecule has 0 aliphatic carbocycles. The highest BCUT2D eigenvalue weighted by Crippen LogP contribution is 2.25. The number of amides is 1. The number of halogens is 1. The molecule has 2 aromatic carbocycles. The summed E-state index contributed by atoms with van der Waals surface area (Å²) in [4.78, 5) is 22.9. The van der Waals surface area contributed by atoms with Crippen LogP contribution in [0.5, 0.6) is 0 Å². The van der Waals surface area contributed by atoms with Gasteiger partial charge in [-0.05, 0) is 31.5 Å². The second kappa shape index (κ2) is 9.73. The summed E-state index contributed by atoms with van der Waals surface area (Å²) in [6.45, 7) is 4.46. The van der Waals surface area contributed by atoms with Crippen molar-refractivity contribution in [1.29, 1.82) is 0 Å². The van der Waals surface area contributed by atoms with Crippen LogP contribution in [0.2, 0.25) is 5.02 Å². The minimum atomic E-state index is -0.421. The van der Waals surface area contributed by atoms with Gasteiger partial charge in [0.2, 0.25) is 0 Å². The van der Waals surface area contributed by atoms with Crippen molar-refractivity contribution >= 4 is 35.0 Å². The smallest absolute Gasteiger partial charge is 0.269 e. The topological polar surface area (TPSA) is 103 Å². The van der Waals surface area contributed by atoms with Gasteiger partial charge in [0.05, 0.1) is 21.6 Å². The Labute approximate surface area is 182 Å². The molecule has 0 unspecified atom stereocenters. The van der Waals surface area contributed by atoms with Gasteiger partial charge in [-0.1, -0.05) is 47.6 Å². The van der Waals surface area contributed by atoms with Crippen molar-refractivity contribution < 1.29 is 9.72 Å². The van der Waals surface area contributed by atoms with Crippen molar-refractivity contribution in [2.24, 2.45) is 0 Å². The second-order valence-corrected chi connectivity index (χ2v) is 7.82. The van der Waals surface area contributed by atoms with E-state index in [1.165, 1.54) is 23.9 Å². The van der Waals surface area contributed by atoms with Gasteiger partial charge in [0.15, 0.2) is 11.0 Å². The lowest BCUT2D eigenvalue weighted by atomic mass is 10.2. The van der Waals surface area contributed by atoms with Crippen LogP contribution in [-0.4, -0.2) is 25.6 Å². The molecule has 1 heterocycles. The lowest BCUT2D eigenvalue weighted by Gasteiger charge is -2.15. The minimum Gasteiger partial charge on any atom is -0.342 e. The Hall–Kier alpha value is -2.91. The highest BCUT2D eigenvalue weighted by atomic mass is 35.5. The molecule has 30 heavy (non-hydrogen) atoms. The summed E-state index contributed by atoms with van der Waals surface area (Å²) >= 11 is 7.58. The van der Waals surface area contributed by atoms with Crippen molar-refractivity contribution in [3.63, 3.8) is 0 Å². The molecule has 0 aliphatic heterocycles. The van der Waals surface area contributed by atoms with E-state index in [1.54, 1.807) is 36.4 Å². The average Bonchev–Trinajstić information content (AvgIpc) is 3.15. The quantitative estimate of drug-likeness (QED) is 0.307. The van der Waals surface area contributed by atoms with Crippen LogP contribution in [0.4, 0.5) is 5.69 Å². The van der Waals surface area contributed by atoms with Crippen molar-refractivity contribution in [2.75, 3.05) is 0 Å². The van der Waals surface area contributed by atoms with Crippen molar-refractivity contribution in [3.05, 3.63) is 80.6 Å². The first-order chi connectivity index (χ1) is 14.4. The number of nitrogens with zero attached hydrogens (tertiary/aromatic N) is 4. The normalized spacial score (nSPS) is 11.8. The van der Waals surface area contributed by atoms with Gasteiger partial charge in [-0.3, -0.25) is 14.9 Å². The zero-order chi connectivity index (χ0) is 21.7. The summed E-state index contributed by atoms with van der Waals surface area (Å²) in [6, 6.07) is 12.9. The van der Waals surface area contributed by atoms with Gasteiger partial charge >= 0.3 is 0 Å². The number of aromatic nitrogens is 3. The van der Waals surface area contributed by atoms with Crippen LogP contribution in [0.1, 0.15) is 41.6 Å². The third kappa shape index (κ3) is 4.98.